The molecule has 1 atom stereocenters. The first-order valence-electron chi connectivity index (χ1n) is 5.47. The Morgan fingerprint density at radius 1 is 1.67 bits per heavy atom. The van der Waals surface area contributed by atoms with Crippen LogP contribution in [0.4, 0.5) is 0 Å². The third-order valence-corrected chi connectivity index (χ3v) is 3.57. The molecule has 0 spiro atoms. The van der Waals surface area contributed by atoms with Crippen molar-refractivity contribution in [2.75, 3.05) is 19.9 Å². The molecule has 1 rings (SSSR count). The normalized spacial score (nSPS) is 13.9. The van der Waals surface area contributed by atoms with Crippen LogP contribution in [0.25, 0.3) is 0 Å². The Labute approximate surface area is 110 Å². The van der Waals surface area contributed by atoms with E-state index in [1.54, 1.807) is 14.0 Å². The van der Waals surface area contributed by atoms with Crippen molar-refractivity contribution >= 4 is 17.7 Å². The van der Waals surface area contributed by atoms with E-state index in [0.29, 0.717) is 17.3 Å². The fourth-order valence-corrected chi connectivity index (χ4v) is 2.34. The molecule has 6 nitrogen and oxygen atoms in total. The fourth-order valence-electron chi connectivity index (χ4n) is 1.33. The highest BCUT2D eigenvalue weighted by molar-refractivity contribution is 7.99. The lowest BCUT2D eigenvalue weighted by molar-refractivity contribution is -0.147. The number of ether oxygens (including phenoxy) is 1. The molecule has 0 saturated carbocycles. The molecule has 7 heteroatoms. The molecule has 18 heavy (non-hydrogen) atoms. The summed E-state index contributed by atoms with van der Waals surface area (Å²) in [5, 5.41) is 3.49. The summed E-state index contributed by atoms with van der Waals surface area (Å²) in [4.78, 5) is 29.3. The lowest BCUT2D eigenvalue weighted by Gasteiger charge is -2.25. The average Bonchev–Trinajstić information content (AvgIpc) is 2.37. The summed E-state index contributed by atoms with van der Waals surface area (Å²) in [6, 6.07) is 1.36. The van der Waals surface area contributed by atoms with Crippen molar-refractivity contribution in [2.45, 2.75) is 24.0 Å². The Morgan fingerprint density at radius 3 is 2.94 bits per heavy atom. The number of carbonyl (C=O) groups excluding carboxylic acids is 1. The van der Waals surface area contributed by atoms with E-state index in [0.717, 1.165) is 0 Å². The molecule has 0 aliphatic rings. The molecule has 0 aliphatic heterocycles. The number of nitrogens with one attached hydrogen (secondary N) is 2. The van der Waals surface area contributed by atoms with Gasteiger partial charge in [-0.2, -0.15) is 0 Å². The van der Waals surface area contributed by atoms with Crippen LogP contribution in [-0.4, -0.2) is 41.4 Å². The van der Waals surface area contributed by atoms with E-state index in [-0.39, 0.29) is 11.5 Å². The lowest BCUT2D eigenvalue weighted by Crippen LogP contribution is -2.48. The molecular formula is C11H17N3O3S. The molecule has 0 amide bonds. The number of hydrogen-bond donors (Lipinski definition) is 2. The SMILES string of the molecule is CNC(C)(CCSc1nccc(=O)[nH]1)C(=O)OC. The summed E-state index contributed by atoms with van der Waals surface area (Å²) in [5.74, 6) is 0.333. The maximum Gasteiger partial charge on any atom is 0.325 e. The highest BCUT2D eigenvalue weighted by Gasteiger charge is 2.31. The molecule has 1 aromatic rings. The first-order chi connectivity index (χ1) is 8.51. The van der Waals surface area contributed by atoms with Gasteiger partial charge in [-0.05, 0) is 20.4 Å². The second kappa shape index (κ2) is 6.55. The monoisotopic (exact) mass is 271 g/mol. The van der Waals surface area contributed by atoms with Gasteiger partial charge in [-0.3, -0.25) is 9.59 Å². The zero-order chi connectivity index (χ0) is 13.6. The third-order valence-electron chi connectivity index (χ3n) is 2.68. The molecular weight excluding hydrogens is 254 g/mol. The predicted molar refractivity (Wildman–Crippen MR) is 69.7 cm³/mol. The van der Waals surface area contributed by atoms with Crippen molar-refractivity contribution in [3.05, 3.63) is 22.6 Å². The van der Waals surface area contributed by atoms with E-state index in [2.05, 4.69) is 15.3 Å². The Hall–Kier alpha value is -1.34. The van der Waals surface area contributed by atoms with Crippen LogP contribution < -0.4 is 10.9 Å². The first-order valence-corrected chi connectivity index (χ1v) is 6.46. The van der Waals surface area contributed by atoms with Gasteiger partial charge in [0.05, 0.1) is 7.11 Å². The van der Waals surface area contributed by atoms with Crippen molar-refractivity contribution in [1.29, 1.82) is 0 Å². The molecule has 0 fully saturated rings. The summed E-state index contributed by atoms with van der Waals surface area (Å²) < 4.78 is 4.74. The summed E-state index contributed by atoms with van der Waals surface area (Å²) in [6.07, 6.45) is 2.03. The lowest BCUT2D eigenvalue weighted by atomic mass is 10.00. The number of nitrogens with zero attached hydrogens (tertiary/aromatic N) is 1. The van der Waals surface area contributed by atoms with Gasteiger partial charge in [0.2, 0.25) is 0 Å². The molecule has 100 valence electrons. The molecule has 2 N–H and O–H groups in total. The zero-order valence-electron chi connectivity index (χ0n) is 10.6. The van der Waals surface area contributed by atoms with E-state index >= 15 is 0 Å². The van der Waals surface area contributed by atoms with Crippen LogP contribution in [0, 0.1) is 0 Å². The minimum absolute atomic E-state index is 0.183. The maximum absolute atomic E-state index is 11.6. The minimum atomic E-state index is -0.725. The molecule has 1 heterocycles. The number of methoxy groups -OCH3 is 1. The predicted octanol–water partition coefficient (Wildman–Crippen LogP) is 0.403. The van der Waals surface area contributed by atoms with Gasteiger partial charge >= 0.3 is 5.97 Å². The molecule has 0 radical (unpaired) electrons. The standard InChI is InChI=1S/C11H17N3O3S/c1-11(12-2,9(16)17-3)5-7-18-10-13-6-4-8(15)14-10/h4,6,12H,5,7H2,1-3H3,(H,13,14,15). The second-order valence-corrected chi connectivity index (χ2v) is 5.00. The van der Waals surface area contributed by atoms with Crippen LogP contribution >= 0.6 is 11.8 Å². The van der Waals surface area contributed by atoms with Gasteiger partial charge in [0, 0.05) is 18.0 Å². The van der Waals surface area contributed by atoms with Gasteiger partial charge in [-0.25, -0.2) is 4.98 Å². The Kier molecular flexibility index (Phi) is 5.36. The molecule has 0 saturated heterocycles. The van der Waals surface area contributed by atoms with E-state index in [9.17, 15) is 9.59 Å². The van der Waals surface area contributed by atoms with Gasteiger partial charge in [-0.15, -0.1) is 0 Å². The fraction of sp³-hybridized carbons (Fsp3) is 0.545. The van der Waals surface area contributed by atoms with Gasteiger partial charge in [-0.1, -0.05) is 11.8 Å². The van der Waals surface area contributed by atoms with Crippen molar-refractivity contribution in [3.63, 3.8) is 0 Å². The summed E-state index contributed by atoms with van der Waals surface area (Å²) >= 11 is 1.39. The first kappa shape index (κ1) is 14.7. The number of thioether (sulfide) groups is 1. The van der Waals surface area contributed by atoms with Gasteiger partial charge in [0.1, 0.15) is 5.54 Å². The average molecular weight is 271 g/mol. The minimum Gasteiger partial charge on any atom is -0.468 e. The summed E-state index contributed by atoms with van der Waals surface area (Å²) in [6.45, 7) is 1.78. The Bertz CT molecular complexity index is 463. The van der Waals surface area contributed by atoms with E-state index in [1.807, 2.05) is 0 Å². The van der Waals surface area contributed by atoms with Crippen LogP contribution in [0.3, 0.4) is 0 Å². The van der Waals surface area contributed by atoms with Crippen molar-refractivity contribution < 1.29 is 9.53 Å². The number of H-pyrrole nitrogens is 1. The smallest absolute Gasteiger partial charge is 0.325 e. The summed E-state index contributed by atoms with van der Waals surface area (Å²) in [7, 11) is 3.07. The largest absolute Gasteiger partial charge is 0.468 e. The van der Waals surface area contributed by atoms with Crippen LogP contribution in [0.15, 0.2) is 22.2 Å². The van der Waals surface area contributed by atoms with Crippen LogP contribution in [0.5, 0.6) is 0 Å². The van der Waals surface area contributed by atoms with Crippen molar-refractivity contribution in [1.82, 2.24) is 15.3 Å². The van der Waals surface area contributed by atoms with E-state index < -0.39 is 5.54 Å². The second-order valence-electron chi connectivity index (χ2n) is 3.91. The van der Waals surface area contributed by atoms with Crippen LogP contribution in [0.2, 0.25) is 0 Å². The number of aromatic nitrogens is 2. The quantitative estimate of drug-likeness (QED) is 0.443. The Balaban J connectivity index is 2.55. The number of rotatable bonds is 6. The highest BCUT2D eigenvalue weighted by Crippen LogP contribution is 2.18. The maximum atomic E-state index is 11.6. The van der Waals surface area contributed by atoms with Crippen molar-refractivity contribution in [3.8, 4) is 0 Å². The number of esters is 1. The van der Waals surface area contributed by atoms with E-state index in [1.165, 1.54) is 31.1 Å². The number of likely N-dealkylation sites (N-methyl/N-ethyl adjacent to an activating group) is 1. The third kappa shape index (κ3) is 3.85. The number of carbonyl (C=O) groups is 1. The highest BCUT2D eigenvalue weighted by atomic mass is 32.2. The van der Waals surface area contributed by atoms with Crippen LogP contribution in [0.1, 0.15) is 13.3 Å². The van der Waals surface area contributed by atoms with E-state index in [4.69, 9.17) is 4.74 Å². The van der Waals surface area contributed by atoms with Gasteiger partial charge < -0.3 is 15.0 Å². The molecule has 0 aromatic carbocycles. The number of aromatic amines is 1. The van der Waals surface area contributed by atoms with Gasteiger partial charge in [0.25, 0.3) is 5.56 Å². The number of hydrogen-bond acceptors (Lipinski definition) is 6. The van der Waals surface area contributed by atoms with Crippen molar-refractivity contribution in [2.24, 2.45) is 0 Å². The molecule has 0 aliphatic carbocycles. The topological polar surface area (TPSA) is 84.1 Å². The Morgan fingerprint density at radius 2 is 2.39 bits per heavy atom. The zero-order valence-corrected chi connectivity index (χ0v) is 11.5. The molecule has 0 bridgehead atoms. The van der Waals surface area contributed by atoms with Gasteiger partial charge in [0.15, 0.2) is 5.16 Å². The molecule has 1 aromatic heterocycles. The molecule has 1 unspecified atom stereocenters. The van der Waals surface area contributed by atoms with Crippen LogP contribution in [-0.2, 0) is 9.53 Å². The summed E-state index contributed by atoms with van der Waals surface area (Å²) in [5.41, 5.74) is -0.909.